The Hall–Kier alpha value is -3.07. The molecule has 2 aliphatic rings. The van der Waals surface area contributed by atoms with Crippen LogP contribution in [0, 0.1) is 5.82 Å². The molecule has 1 saturated carbocycles. The summed E-state index contributed by atoms with van der Waals surface area (Å²) in [5.41, 5.74) is 0.982. The van der Waals surface area contributed by atoms with Gasteiger partial charge in [0.25, 0.3) is 5.56 Å². The average Bonchev–Trinajstić information content (AvgIpc) is 3.62. The zero-order chi connectivity index (χ0) is 21.2. The Bertz CT molecular complexity index is 1150. The third kappa shape index (κ3) is 4.51. The van der Waals surface area contributed by atoms with Crippen LogP contribution >= 0.6 is 11.8 Å². The normalized spacial score (nSPS) is 15.4. The lowest BCUT2D eigenvalue weighted by atomic mass is 10.3. The standard InChI is InChI=1S/C22H21FN4O3S/c23-14-2-7-17(8-3-14)31-13-18-21(28)27(16-5-6-16)22(26-25-18)24-15-4-9-19-20(12-15)30-11-1-10-29-19/h2-4,7-9,12,16H,1,5-6,10-11,13H2,(H,24,26). The van der Waals surface area contributed by atoms with E-state index < -0.39 is 0 Å². The number of aromatic nitrogens is 3. The largest absolute Gasteiger partial charge is 0.490 e. The van der Waals surface area contributed by atoms with E-state index in [2.05, 4.69) is 15.5 Å². The molecule has 0 saturated heterocycles. The number of hydrogen-bond acceptors (Lipinski definition) is 7. The lowest BCUT2D eigenvalue weighted by Gasteiger charge is -2.15. The van der Waals surface area contributed by atoms with E-state index in [0.717, 1.165) is 29.8 Å². The van der Waals surface area contributed by atoms with Gasteiger partial charge < -0.3 is 14.8 Å². The molecule has 0 amide bonds. The zero-order valence-electron chi connectivity index (χ0n) is 16.7. The molecule has 1 fully saturated rings. The average molecular weight is 441 g/mol. The minimum absolute atomic E-state index is 0.125. The SMILES string of the molecule is O=c1c(CSc2ccc(F)cc2)nnc(Nc2ccc3c(c2)OCCCO3)n1C1CC1. The molecule has 3 aromatic rings. The van der Waals surface area contributed by atoms with Gasteiger partial charge in [-0.2, -0.15) is 0 Å². The van der Waals surface area contributed by atoms with Crippen molar-refractivity contribution in [3.63, 3.8) is 0 Å². The molecule has 5 rings (SSSR count). The third-order valence-corrected chi connectivity index (χ3v) is 6.09. The molecule has 1 aliphatic carbocycles. The van der Waals surface area contributed by atoms with Gasteiger partial charge >= 0.3 is 0 Å². The first-order valence-electron chi connectivity index (χ1n) is 10.2. The van der Waals surface area contributed by atoms with Crippen molar-refractivity contribution in [3.05, 3.63) is 64.3 Å². The van der Waals surface area contributed by atoms with Gasteiger partial charge in [0.05, 0.1) is 13.2 Å². The Kier molecular flexibility index (Phi) is 5.50. The molecule has 1 aromatic heterocycles. The highest BCUT2D eigenvalue weighted by atomic mass is 32.2. The quantitative estimate of drug-likeness (QED) is 0.572. The lowest BCUT2D eigenvalue weighted by Crippen LogP contribution is -2.27. The molecule has 2 aromatic carbocycles. The highest BCUT2D eigenvalue weighted by Gasteiger charge is 2.29. The highest BCUT2D eigenvalue weighted by Crippen LogP contribution is 2.37. The van der Waals surface area contributed by atoms with Gasteiger partial charge in [0.1, 0.15) is 11.5 Å². The predicted octanol–water partition coefficient (Wildman–Crippen LogP) is 4.31. The van der Waals surface area contributed by atoms with Crippen LogP contribution in [0.1, 0.15) is 31.0 Å². The Morgan fingerprint density at radius 1 is 1.06 bits per heavy atom. The number of ether oxygens (including phenoxy) is 2. The Balaban J connectivity index is 1.38. The summed E-state index contributed by atoms with van der Waals surface area (Å²) in [6, 6.07) is 11.9. The second kappa shape index (κ2) is 8.58. The van der Waals surface area contributed by atoms with Crippen molar-refractivity contribution in [1.82, 2.24) is 14.8 Å². The number of rotatable bonds is 6. The molecule has 0 spiro atoms. The monoisotopic (exact) mass is 440 g/mol. The van der Waals surface area contributed by atoms with Gasteiger partial charge in [-0.3, -0.25) is 9.36 Å². The summed E-state index contributed by atoms with van der Waals surface area (Å²) >= 11 is 1.43. The van der Waals surface area contributed by atoms with Crippen LogP contribution in [0.2, 0.25) is 0 Å². The molecule has 0 atom stereocenters. The first-order chi connectivity index (χ1) is 15.2. The molecule has 7 nitrogen and oxygen atoms in total. The van der Waals surface area contributed by atoms with Crippen molar-refractivity contribution in [1.29, 1.82) is 0 Å². The first-order valence-corrected chi connectivity index (χ1v) is 11.2. The number of thioether (sulfide) groups is 1. The number of anilines is 2. The summed E-state index contributed by atoms with van der Waals surface area (Å²) in [6.07, 6.45) is 2.71. The number of halogens is 1. The molecule has 0 radical (unpaired) electrons. The van der Waals surface area contributed by atoms with Gasteiger partial charge in [0, 0.05) is 34.9 Å². The van der Waals surface area contributed by atoms with E-state index in [-0.39, 0.29) is 17.4 Å². The maximum Gasteiger partial charge on any atom is 0.278 e. The van der Waals surface area contributed by atoms with Gasteiger partial charge in [0.15, 0.2) is 11.5 Å². The maximum absolute atomic E-state index is 13.1. The molecule has 160 valence electrons. The van der Waals surface area contributed by atoms with Crippen molar-refractivity contribution >= 4 is 23.4 Å². The molecule has 1 N–H and O–H groups in total. The summed E-state index contributed by atoms with van der Waals surface area (Å²) in [5.74, 6) is 1.88. The Morgan fingerprint density at radius 3 is 2.61 bits per heavy atom. The van der Waals surface area contributed by atoms with E-state index in [1.807, 2.05) is 18.2 Å². The summed E-state index contributed by atoms with van der Waals surface area (Å²) in [7, 11) is 0. The van der Waals surface area contributed by atoms with Crippen LogP contribution in [0.4, 0.5) is 16.0 Å². The fourth-order valence-electron chi connectivity index (χ4n) is 3.33. The highest BCUT2D eigenvalue weighted by molar-refractivity contribution is 7.98. The lowest BCUT2D eigenvalue weighted by molar-refractivity contribution is 0.297. The van der Waals surface area contributed by atoms with E-state index in [1.165, 1.54) is 23.9 Å². The topological polar surface area (TPSA) is 78.3 Å². The van der Waals surface area contributed by atoms with Crippen LogP contribution in [0.5, 0.6) is 11.5 Å². The zero-order valence-corrected chi connectivity index (χ0v) is 17.5. The number of nitrogens with zero attached hydrogens (tertiary/aromatic N) is 3. The first kappa shape index (κ1) is 19.9. The second-order valence-corrected chi connectivity index (χ2v) is 8.50. The minimum atomic E-state index is -0.287. The number of benzene rings is 2. The van der Waals surface area contributed by atoms with Gasteiger partial charge in [-0.15, -0.1) is 22.0 Å². The minimum Gasteiger partial charge on any atom is -0.490 e. The number of nitrogens with one attached hydrogen (secondary N) is 1. The molecule has 1 aliphatic heterocycles. The van der Waals surface area contributed by atoms with Crippen molar-refractivity contribution in [2.75, 3.05) is 18.5 Å². The van der Waals surface area contributed by atoms with Crippen LogP contribution < -0.4 is 20.3 Å². The maximum atomic E-state index is 13.1. The van der Waals surface area contributed by atoms with E-state index in [9.17, 15) is 9.18 Å². The van der Waals surface area contributed by atoms with E-state index in [0.29, 0.717) is 42.1 Å². The predicted molar refractivity (Wildman–Crippen MR) is 116 cm³/mol. The third-order valence-electron chi connectivity index (χ3n) is 5.06. The molecular weight excluding hydrogens is 419 g/mol. The van der Waals surface area contributed by atoms with Crippen molar-refractivity contribution in [3.8, 4) is 11.5 Å². The van der Waals surface area contributed by atoms with Gasteiger partial charge in [-0.05, 0) is 49.2 Å². The molecule has 9 heteroatoms. The number of hydrogen-bond donors (Lipinski definition) is 1. The van der Waals surface area contributed by atoms with Crippen molar-refractivity contribution in [2.24, 2.45) is 0 Å². The van der Waals surface area contributed by atoms with E-state index in [4.69, 9.17) is 9.47 Å². The van der Waals surface area contributed by atoms with E-state index in [1.54, 1.807) is 16.7 Å². The fraction of sp³-hybridized carbons (Fsp3) is 0.318. The summed E-state index contributed by atoms with van der Waals surface area (Å²) < 4.78 is 26.2. The molecule has 0 bridgehead atoms. The van der Waals surface area contributed by atoms with Crippen LogP contribution in [0.25, 0.3) is 0 Å². The molecule has 31 heavy (non-hydrogen) atoms. The van der Waals surface area contributed by atoms with Crippen LogP contribution in [0.3, 0.4) is 0 Å². The van der Waals surface area contributed by atoms with Gasteiger partial charge in [-0.25, -0.2) is 4.39 Å². The van der Waals surface area contributed by atoms with Gasteiger partial charge in [0.2, 0.25) is 5.95 Å². The summed E-state index contributed by atoms with van der Waals surface area (Å²) in [5, 5.41) is 11.7. The fourth-order valence-corrected chi connectivity index (χ4v) is 4.15. The van der Waals surface area contributed by atoms with E-state index >= 15 is 0 Å². The Labute approximate surface area is 182 Å². The smallest absolute Gasteiger partial charge is 0.278 e. The van der Waals surface area contributed by atoms with Crippen molar-refractivity contribution in [2.45, 2.75) is 36.0 Å². The molecule has 0 unspecified atom stereocenters. The van der Waals surface area contributed by atoms with Crippen molar-refractivity contribution < 1.29 is 13.9 Å². The molecule has 2 heterocycles. The summed E-state index contributed by atoms with van der Waals surface area (Å²) in [6.45, 7) is 1.23. The van der Waals surface area contributed by atoms with Crippen LogP contribution in [-0.4, -0.2) is 28.0 Å². The van der Waals surface area contributed by atoms with Gasteiger partial charge in [-0.1, -0.05) is 0 Å². The molecular formula is C22H21FN4O3S. The summed E-state index contributed by atoms with van der Waals surface area (Å²) in [4.78, 5) is 14.0. The Morgan fingerprint density at radius 2 is 1.84 bits per heavy atom. The van der Waals surface area contributed by atoms with Crippen LogP contribution in [0.15, 0.2) is 52.2 Å². The van der Waals surface area contributed by atoms with Crippen LogP contribution in [-0.2, 0) is 5.75 Å². The number of fused-ring (bicyclic) bond motifs is 1. The second-order valence-electron chi connectivity index (χ2n) is 7.46.